The molecule has 0 aliphatic carbocycles. The first-order chi connectivity index (χ1) is 8.89. The number of hydrogen-bond donors (Lipinski definition) is 1. The summed E-state index contributed by atoms with van der Waals surface area (Å²) in [6.07, 6.45) is 0.562. The van der Waals surface area contributed by atoms with Crippen LogP contribution < -0.4 is 5.32 Å². The molecule has 1 unspecified atom stereocenters. The van der Waals surface area contributed by atoms with Crippen LogP contribution in [0.3, 0.4) is 0 Å². The molecule has 1 heterocycles. The maximum absolute atomic E-state index is 13.8. The third-order valence-electron chi connectivity index (χ3n) is 3.30. The Morgan fingerprint density at radius 1 is 1.26 bits per heavy atom. The monoisotopic (exact) mass is 289 g/mol. The first kappa shape index (κ1) is 14.4. The van der Waals surface area contributed by atoms with E-state index in [9.17, 15) is 17.2 Å². The fourth-order valence-corrected chi connectivity index (χ4v) is 4.11. The maximum atomic E-state index is 13.8. The van der Waals surface area contributed by atoms with E-state index in [2.05, 4.69) is 5.32 Å². The van der Waals surface area contributed by atoms with Gasteiger partial charge in [0.2, 0.25) is 0 Å². The lowest BCUT2D eigenvalue weighted by molar-refractivity contribution is -0.00361. The number of benzene rings is 1. The number of halogens is 2. The molecule has 106 valence electrons. The standard InChI is InChI=1S/C13H17F2NO2S/c14-13(15,12-4-2-1-3-5-12)10-16-8-11-6-7-19(17,18)9-11/h1-5,11,16H,6-10H2. The van der Waals surface area contributed by atoms with Gasteiger partial charge in [0.1, 0.15) is 0 Å². The summed E-state index contributed by atoms with van der Waals surface area (Å²) in [5.41, 5.74) is -0.0263. The SMILES string of the molecule is O=S1(=O)CCC(CNCC(F)(F)c2ccccc2)C1. The van der Waals surface area contributed by atoms with Gasteiger partial charge in [-0.1, -0.05) is 30.3 Å². The summed E-state index contributed by atoms with van der Waals surface area (Å²) in [5, 5.41) is 2.69. The molecule has 1 atom stereocenters. The maximum Gasteiger partial charge on any atom is 0.285 e. The van der Waals surface area contributed by atoms with Crippen molar-refractivity contribution in [3.8, 4) is 0 Å². The third-order valence-corrected chi connectivity index (χ3v) is 5.14. The van der Waals surface area contributed by atoms with Crippen molar-refractivity contribution >= 4 is 9.84 Å². The van der Waals surface area contributed by atoms with Crippen LogP contribution in [0.25, 0.3) is 0 Å². The minimum absolute atomic E-state index is 0.0263. The lowest BCUT2D eigenvalue weighted by Gasteiger charge is -2.18. The normalized spacial score (nSPS) is 22.5. The van der Waals surface area contributed by atoms with E-state index in [1.165, 1.54) is 12.1 Å². The zero-order chi connectivity index (χ0) is 13.9. The average molecular weight is 289 g/mol. The number of sulfone groups is 1. The van der Waals surface area contributed by atoms with Crippen LogP contribution in [-0.4, -0.2) is 33.0 Å². The van der Waals surface area contributed by atoms with Crippen LogP contribution >= 0.6 is 0 Å². The van der Waals surface area contributed by atoms with Crippen LogP contribution in [0.2, 0.25) is 0 Å². The molecule has 6 heteroatoms. The van der Waals surface area contributed by atoms with Crippen molar-refractivity contribution in [3.05, 3.63) is 35.9 Å². The number of hydrogen-bond acceptors (Lipinski definition) is 3. The molecule has 1 aromatic rings. The molecule has 0 aromatic heterocycles. The van der Waals surface area contributed by atoms with Crippen molar-refractivity contribution in [1.82, 2.24) is 5.32 Å². The fraction of sp³-hybridized carbons (Fsp3) is 0.538. The van der Waals surface area contributed by atoms with Gasteiger partial charge in [-0.15, -0.1) is 0 Å². The first-order valence-electron chi connectivity index (χ1n) is 6.23. The summed E-state index contributed by atoms with van der Waals surface area (Å²) in [6, 6.07) is 7.62. The summed E-state index contributed by atoms with van der Waals surface area (Å²) >= 11 is 0. The molecule has 1 fully saturated rings. The summed E-state index contributed by atoms with van der Waals surface area (Å²) in [5.74, 6) is -2.69. The average Bonchev–Trinajstić information content (AvgIpc) is 2.70. The second kappa shape index (κ2) is 5.54. The molecule has 1 N–H and O–H groups in total. The Labute approximate surface area is 111 Å². The molecular weight excluding hydrogens is 272 g/mol. The zero-order valence-corrected chi connectivity index (χ0v) is 11.3. The van der Waals surface area contributed by atoms with Gasteiger partial charge >= 0.3 is 0 Å². The molecule has 0 amide bonds. The summed E-state index contributed by atoms with van der Waals surface area (Å²) in [4.78, 5) is 0. The predicted molar refractivity (Wildman–Crippen MR) is 70.0 cm³/mol. The van der Waals surface area contributed by atoms with Crippen LogP contribution in [-0.2, 0) is 15.8 Å². The fourth-order valence-electron chi connectivity index (χ4n) is 2.25. The highest BCUT2D eigenvalue weighted by Crippen LogP contribution is 2.27. The predicted octanol–water partition coefficient (Wildman–Crippen LogP) is 1.80. The second-order valence-corrected chi connectivity index (χ2v) is 7.20. The minimum Gasteiger partial charge on any atom is -0.311 e. The smallest absolute Gasteiger partial charge is 0.285 e. The Morgan fingerprint density at radius 3 is 2.53 bits per heavy atom. The van der Waals surface area contributed by atoms with Gasteiger partial charge in [0, 0.05) is 5.56 Å². The molecule has 0 saturated carbocycles. The van der Waals surface area contributed by atoms with Crippen LogP contribution in [0.5, 0.6) is 0 Å². The molecule has 0 radical (unpaired) electrons. The van der Waals surface area contributed by atoms with Gasteiger partial charge < -0.3 is 5.32 Å². The third kappa shape index (κ3) is 3.98. The Hall–Kier alpha value is -1.01. The number of alkyl halides is 2. The molecule has 0 bridgehead atoms. The largest absolute Gasteiger partial charge is 0.311 e. The van der Waals surface area contributed by atoms with Gasteiger partial charge in [0.05, 0.1) is 18.1 Å². The van der Waals surface area contributed by atoms with Gasteiger partial charge in [-0.3, -0.25) is 0 Å². The van der Waals surface area contributed by atoms with E-state index in [0.717, 1.165) is 0 Å². The summed E-state index contributed by atoms with van der Waals surface area (Å²) in [7, 11) is -2.94. The van der Waals surface area contributed by atoms with Gasteiger partial charge in [-0.05, 0) is 18.9 Å². The van der Waals surface area contributed by atoms with E-state index in [4.69, 9.17) is 0 Å². The van der Waals surface area contributed by atoms with Crippen LogP contribution in [0, 0.1) is 5.92 Å². The molecule has 3 nitrogen and oxygen atoms in total. The van der Waals surface area contributed by atoms with E-state index >= 15 is 0 Å². The topological polar surface area (TPSA) is 46.2 Å². The molecule has 1 aliphatic heterocycles. The molecule has 19 heavy (non-hydrogen) atoms. The van der Waals surface area contributed by atoms with Gasteiger partial charge in [-0.2, -0.15) is 8.78 Å². The van der Waals surface area contributed by atoms with Crippen molar-refractivity contribution in [2.24, 2.45) is 5.92 Å². The number of rotatable bonds is 5. The van der Waals surface area contributed by atoms with Crippen molar-refractivity contribution < 1.29 is 17.2 Å². The van der Waals surface area contributed by atoms with E-state index < -0.39 is 22.3 Å². The van der Waals surface area contributed by atoms with E-state index in [1.54, 1.807) is 18.2 Å². The van der Waals surface area contributed by atoms with Crippen molar-refractivity contribution in [2.45, 2.75) is 12.3 Å². The quantitative estimate of drug-likeness (QED) is 0.899. The lowest BCUT2D eigenvalue weighted by atomic mass is 10.1. The van der Waals surface area contributed by atoms with E-state index in [-0.39, 0.29) is 23.0 Å². The van der Waals surface area contributed by atoms with Gasteiger partial charge in [-0.25, -0.2) is 8.42 Å². The second-order valence-electron chi connectivity index (χ2n) is 4.97. The minimum atomic E-state index is -2.94. The zero-order valence-electron chi connectivity index (χ0n) is 10.5. The molecule has 1 aromatic carbocycles. The van der Waals surface area contributed by atoms with Crippen molar-refractivity contribution in [2.75, 3.05) is 24.6 Å². The van der Waals surface area contributed by atoms with Crippen LogP contribution in [0.1, 0.15) is 12.0 Å². The Kier molecular flexibility index (Phi) is 4.20. The molecule has 2 rings (SSSR count). The van der Waals surface area contributed by atoms with Crippen molar-refractivity contribution in [1.29, 1.82) is 0 Å². The molecular formula is C13H17F2NO2S. The lowest BCUT2D eigenvalue weighted by Crippen LogP contribution is -2.34. The molecule has 1 saturated heterocycles. The van der Waals surface area contributed by atoms with E-state index in [1.807, 2.05) is 0 Å². The summed E-state index contributed by atoms with van der Waals surface area (Å²) < 4.78 is 50.1. The van der Waals surface area contributed by atoms with Gasteiger partial charge in [0.15, 0.2) is 9.84 Å². The Morgan fingerprint density at radius 2 is 1.95 bits per heavy atom. The highest BCUT2D eigenvalue weighted by atomic mass is 32.2. The van der Waals surface area contributed by atoms with Gasteiger partial charge in [0.25, 0.3) is 5.92 Å². The molecule has 1 aliphatic rings. The van der Waals surface area contributed by atoms with Crippen molar-refractivity contribution in [3.63, 3.8) is 0 Å². The summed E-state index contributed by atoms with van der Waals surface area (Å²) in [6.45, 7) is -0.144. The first-order valence-corrected chi connectivity index (χ1v) is 8.06. The Balaban J connectivity index is 1.83. The van der Waals surface area contributed by atoms with Crippen LogP contribution in [0.15, 0.2) is 30.3 Å². The van der Waals surface area contributed by atoms with Crippen LogP contribution in [0.4, 0.5) is 8.78 Å². The van der Waals surface area contributed by atoms with E-state index in [0.29, 0.717) is 13.0 Å². The number of nitrogens with one attached hydrogen (secondary N) is 1. The Bertz CT molecular complexity index is 517. The highest BCUT2D eigenvalue weighted by molar-refractivity contribution is 7.91. The molecule has 0 spiro atoms. The highest BCUT2D eigenvalue weighted by Gasteiger charge is 2.32.